The second-order valence-corrected chi connectivity index (χ2v) is 9.06. The molecule has 1 aromatic carbocycles. The van der Waals surface area contributed by atoms with Crippen LogP contribution in [0.3, 0.4) is 0 Å². The molecule has 1 aliphatic heterocycles. The van der Waals surface area contributed by atoms with E-state index in [2.05, 4.69) is 4.74 Å². The fourth-order valence-electron chi connectivity index (χ4n) is 2.25. The molecule has 1 aliphatic rings. The van der Waals surface area contributed by atoms with Gasteiger partial charge in [0.2, 0.25) is 10.0 Å². The van der Waals surface area contributed by atoms with Crippen molar-refractivity contribution in [1.82, 2.24) is 9.21 Å². The van der Waals surface area contributed by atoms with E-state index in [0.29, 0.717) is 0 Å². The van der Waals surface area contributed by atoms with E-state index in [1.807, 2.05) is 0 Å². The number of ether oxygens (including phenoxy) is 1. The molecule has 0 aromatic heterocycles. The van der Waals surface area contributed by atoms with Gasteiger partial charge in [0, 0.05) is 32.4 Å². The van der Waals surface area contributed by atoms with E-state index in [-0.39, 0.29) is 36.0 Å². The van der Waals surface area contributed by atoms with Gasteiger partial charge in [-0.25, -0.2) is 21.6 Å². The molecule has 1 amide bonds. The lowest BCUT2D eigenvalue weighted by molar-refractivity contribution is 0.108. The highest BCUT2D eigenvalue weighted by Crippen LogP contribution is 2.21. The van der Waals surface area contributed by atoms with Gasteiger partial charge in [0.05, 0.1) is 16.9 Å². The van der Waals surface area contributed by atoms with Crippen LogP contribution < -0.4 is 0 Å². The van der Waals surface area contributed by atoms with Crippen molar-refractivity contribution in [2.75, 3.05) is 39.5 Å². The van der Waals surface area contributed by atoms with Crippen LogP contribution in [-0.4, -0.2) is 71.7 Å². The Labute approximate surface area is 135 Å². The Morgan fingerprint density at radius 3 is 2.13 bits per heavy atom. The maximum Gasteiger partial charge on any atom is 0.409 e. The Bertz CT molecular complexity index is 796. The molecule has 1 heterocycles. The van der Waals surface area contributed by atoms with Gasteiger partial charge < -0.3 is 9.64 Å². The summed E-state index contributed by atoms with van der Waals surface area (Å²) in [6.45, 7) is 0.691. The number of sulfone groups is 1. The number of carbonyl (C=O) groups excluding carboxylic acids is 1. The summed E-state index contributed by atoms with van der Waals surface area (Å²) in [5.74, 6) is 0. The number of hydrogen-bond donors (Lipinski definition) is 0. The van der Waals surface area contributed by atoms with Gasteiger partial charge in [0.1, 0.15) is 0 Å². The van der Waals surface area contributed by atoms with Crippen molar-refractivity contribution in [2.24, 2.45) is 0 Å². The molecule has 0 N–H and O–H groups in total. The quantitative estimate of drug-likeness (QED) is 0.759. The van der Waals surface area contributed by atoms with Crippen LogP contribution in [0.2, 0.25) is 0 Å². The fourth-order valence-corrected chi connectivity index (χ4v) is 4.46. The standard InChI is InChI=1S/C13H18N2O6S2/c1-21-13(16)14-6-8-15(9-7-14)23(19,20)12-5-3-4-11(10-12)22(2,17)18/h3-5,10H,6-9H2,1-2H3. The highest BCUT2D eigenvalue weighted by Gasteiger charge is 2.30. The molecule has 1 fully saturated rings. The predicted octanol–water partition coefficient (Wildman–Crippen LogP) is 0.163. The van der Waals surface area contributed by atoms with Crippen molar-refractivity contribution < 1.29 is 26.4 Å². The Kier molecular flexibility index (Phi) is 4.97. The molecular weight excluding hydrogens is 344 g/mol. The Morgan fingerprint density at radius 2 is 1.61 bits per heavy atom. The van der Waals surface area contributed by atoms with Crippen LogP contribution in [0.4, 0.5) is 4.79 Å². The van der Waals surface area contributed by atoms with Crippen LogP contribution in [0.1, 0.15) is 0 Å². The normalized spacial score (nSPS) is 17.0. The van der Waals surface area contributed by atoms with Crippen LogP contribution >= 0.6 is 0 Å². The van der Waals surface area contributed by atoms with Crippen molar-refractivity contribution in [1.29, 1.82) is 0 Å². The molecule has 10 heteroatoms. The molecule has 23 heavy (non-hydrogen) atoms. The Hall–Kier alpha value is -1.65. The van der Waals surface area contributed by atoms with Crippen LogP contribution in [-0.2, 0) is 24.6 Å². The van der Waals surface area contributed by atoms with E-state index in [1.54, 1.807) is 0 Å². The van der Waals surface area contributed by atoms with Crippen molar-refractivity contribution in [2.45, 2.75) is 9.79 Å². The van der Waals surface area contributed by atoms with Gasteiger partial charge in [-0.2, -0.15) is 4.31 Å². The van der Waals surface area contributed by atoms with Gasteiger partial charge in [-0.3, -0.25) is 0 Å². The third-order valence-electron chi connectivity index (χ3n) is 3.54. The highest BCUT2D eigenvalue weighted by molar-refractivity contribution is 7.91. The lowest BCUT2D eigenvalue weighted by atomic mass is 10.4. The first-order chi connectivity index (χ1) is 10.7. The molecule has 0 spiro atoms. The molecule has 8 nitrogen and oxygen atoms in total. The average Bonchev–Trinajstić information content (AvgIpc) is 2.53. The highest BCUT2D eigenvalue weighted by atomic mass is 32.2. The molecule has 0 unspecified atom stereocenters. The zero-order chi connectivity index (χ0) is 17.3. The van der Waals surface area contributed by atoms with E-state index < -0.39 is 26.0 Å². The number of rotatable bonds is 3. The van der Waals surface area contributed by atoms with Crippen LogP contribution in [0, 0.1) is 0 Å². The van der Waals surface area contributed by atoms with Gasteiger partial charge >= 0.3 is 6.09 Å². The number of sulfonamides is 1. The summed E-state index contributed by atoms with van der Waals surface area (Å²) in [7, 11) is -6.04. The number of amides is 1. The number of hydrogen-bond acceptors (Lipinski definition) is 6. The van der Waals surface area contributed by atoms with Crippen LogP contribution in [0.25, 0.3) is 0 Å². The van der Waals surface area contributed by atoms with E-state index in [0.717, 1.165) is 12.3 Å². The second-order valence-electron chi connectivity index (χ2n) is 5.11. The molecule has 0 radical (unpaired) electrons. The third kappa shape index (κ3) is 3.82. The monoisotopic (exact) mass is 362 g/mol. The SMILES string of the molecule is COC(=O)N1CCN(S(=O)(=O)c2cccc(S(C)(=O)=O)c2)CC1. The Balaban J connectivity index is 2.22. The van der Waals surface area contributed by atoms with Gasteiger partial charge in [0.25, 0.3) is 0 Å². The third-order valence-corrected chi connectivity index (χ3v) is 6.55. The van der Waals surface area contributed by atoms with E-state index >= 15 is 0 Å². The smallest absolute Gasteiger partial charge is 0.409 e. The van der Waals surface area contributed by atoms with E-state index in [9.17, 15) is 21.6 Å². The molecule has 1 aromatic rings. The van der Waals surface area contributed by atoms with Crippen molar-refractivity contribution in [3.63, 3.8) is 0 Å². The maximum atomic E-state index is 12.6. The van der Waals surface area contributed by atoms with Gasteiger partial charge in [0.15, 0.2) is 9.84 Å². The number of piperazine rings is 1. The molecule has 0 aliphatic carbocycles. The first-order valence-corrected chi connectivity index (χ1v) is 10.1. The predicted molar refractivity (Wildman–Crippen MR) is 82.3 cm³/mol. The van der Waals surface area contributed by atoms with Crippen molar-refractivity contribution in [3.8, 4) is 0 Å². The largest absolute Gasteiger partial charge is 0.453 e. The molecule has 0 atom stereocenters. The zero-order valence-electron chi connectivity index (χ0n) is 12.8. The van der Waals surface area contributed by atoms with Crippen LogP contribution in [0.15, 0.2) is 34.1 Å². The zero-order valence-corrected chi connectivity index (χ0v) is 14.4. The first-order valence-electron chi connectivity index (χ1n) is 6.79. The fraction of sp³-hybridized carbons (Fsp3) is 0.462. The molecular formula is C13H18N2O6S2. The number of benzene rings is 1. The summed E-state index contributed by atoms with van der Waals surface area (Å²) >= 11 is 0. The lowest BCUT2D eigenvalue weighted by Crippen LogP contribution is -2.50. The summed E-state index contributed by atoms with van der Waals surface area (Å²) in [5, 5.41) is 0. The number of methoxy groups -OCH3 is 1. The molecule has 2 rings (SSSR count). The average molecular weight is 362 g/mol. The minimum atomic E-state index is -3.81. The van der Waals surface area contributed by atoms with Crippen LogP contribution in [0.5, 0.6) is 0 Å². The lowest BCUT2D eigenvalue weighted by Gasteiger charge is -2.33. The van der Waals surface area contributed by atoms with Crippen molar-refractivity contribution in [3.05, 3.63) is 24.3 Å². The molecule has 0 saturated carbocycles. The van der Waals surface area contributed by atoms with E-state index in [1.165, 1.54) is 34.5 Å². The van der Waals surface area contributed by atoms with Gasteiger partial charge in [-0.05, 0) is 18.2 Å². The summed E-state index contributed by atoms with van der Waals surface area (Å²) in [5.41, 5.74) is 0. The summed E-state index contributed by atoms with van der Waals surface area (Å²) < 4.78 is 54.2. The molecule has 1 saturated heterocycles. The number of carbonyl (C=O) groups is 1. The molecule has 0 bridgehead atoms. The summed E-state index contributed by atoms with van der Waals surface area (Å²) in [6.07, 6.45) is 0.523. The molecule has 128 valence electrons. The van der Waals surface area contributed by atoms with E-state index in [4.69, 9.17) is 0 Å². The van der Waals surface area contributed by atoms with Crippen molar-refractivity contribution >= 4 is 26.0 Å². The topological polar surface area (TPSA) is 101 Å². The number of nitrogens with zero attached hydrogens (tertiary/aromatic N) is 2. The summed E-state index contributed by atoms with van der Waals surface area (Å²) in [4.78, 5) is 12.7. The van der Waals surface area contributed by atoms with Gasteiger partial charge in [-0.15, -0.1) is 0 Å². The first kappa shape index (κ1) is 17.7. The maximum absolute atomic E-state index is 12.6. The summed E-state index contributed by atoms with van der Waals surface area (Å²) in [6, 6.07) is 5.26. The minimum Gasteiger partial charge on any atom is -0.453 e. The second kappa shape index (κ2) is 6.46. The Morgan fingerprint density at radius 1 is 1.04 bits per heavy atom. The van der Waals surface area contributed by atoms with Gasteiger partial charge in [-0.1, -0.05) is 6.07 Å². The minimum absolute atomic E-state index is 0.0493.